The summed E-state index contributed by atoms with van der Waals surface area (Å²) in [6.07, 6.45) is 3.53. The minimum absolute atomic E-state index is 0.135. The van der Waals surface area contributed by atoms with Crippen molar-refractivity contribution in [2.75, 3.05) is 26.2 Å². The summed E-state index contributed by atoms with van der Waals surface area (Å²) in [4.78, 5) is 2.17. The van der Waals surface area contributed by atoms with Gasteiger partial charge in [-0.2, -0.15) is 0 Å². The monoisotopic (exact) mass is 294 g/mol. The standard InChI is InChI=1S/C17H24F2N2/c1-2-10-21-11-7-15(8-12-21)17(18,19)16-5-3-4-14(13-16)6-9-20/h2-5,13,15H,1,6-12,20H2. The average molecular weight is 294 g/mol. The maximum absolute atomic E-state index is 14.7. The molecule has 4 heteroatoms. The zero-order valence-corrected chi connectivity index (χ0v) is 12.4. The first kappa shape index (κ1) is 16.1. The maximum Gasteiger partial charge on any atom is 0.276 e. The Morgan fingerprint density at radius 2 is 2.05 bits per heavy atom. The summed E-state index contributed by atoms with van der Waals surface area (Å²) in [5.74, 6) is -3.34. The molecule has 2 rings (SSSR count). The van der Waals surface area contributed by atoms with Crippen LogP contribution in [0.5, 0.6) is 0 Å². The predicted octanol–water partition coefficient (Wildman–Crippen LogP) is 3.18. The summed E-state index contributed by atoms with van der Waals surface area (Å²) in [5, 5.41) is 0. The van der Waals surface area contributed by atoms with E-state index in [9.17, 15) is 8.78 Å². The van der Waals surface area contributed by atoms with Gasteiger partial charge in [0.2, 0.25) is 0 Å². The van der Waals surface area contributed by atoms with Crippen molar-refractivity contribution in [1.29, 1.82) is 0 Å². The smallest absolute Gasteiger partial charge is 0.276 e. The molecule has 1 heterocycles. The molecule has 1 aromatic rings. The molecule has 0 atom stereocenters. The lowest BCUT2D eigenvalue weighted by atomic mass is 9.86. The first-order valence-corrected chi connectivity index (χ1v) is 7.58. The Labute approximate surface area is 125 Å². The summed E-state index contributed by atoms with van der Waals surface area (Å²) in [6, 6.07) is 6.72. The summed E-state index contributed by atoms with van der Waals surface area (Å²) in [5.41, 5.74) is 6.53. The zero-order chi connectivity index (χ0) is 15.3. The Kier molecular flexibility index (Phi) is 5.48. The Bertz CT molecular complexity index is 466. The van der Waals surface area contributed by atoms with Crippen molar-refractivity contribution in [1.82, 2.24) is 4.90 Å². The first-order chi connectivity index (χ1) is 10.1. The van der Waals surface area contributed by atoms with Crippen LogP contribution in [0.1, 0.15) is 24.0 Å². The molecule has 0 bridgehead atoms. The summed E-state index contributed by atoms with van der Waals surface area (Å²) >= 11 is 0. The van der Waals surface area contributed by atoms with Crippen LogP contribution in [0.2, 0.25) is 0 Å². The van der Waals surface area contributed by atoms with E-state index in [1.807, 2.05) is 12.1 Å². The number of likely N-dealkylation sites (tertiary alicyclic amines) is 1. The van der Waals surface area contributed by atoms with E-state index in [-0.39, 0.29) is 5.56 Å². The molecule has 0 aromatic heterocycles. The van der Waals surface area contributed by atoms with Crippen molar-refractivity contribution < 1.29 is 8.78 Å². The SMILES string of the molecule is C=CCN1CCC(C(F)(F)c2cccc(CCN)c2)CC1. The third kappa shape index (κ3) is 3.89. The van der Waals surface area contributed by atoms with E-state index >= 15 is 0 Å². The maximum atomic E-state index is 14.7. The normalized spacial score (nSPS) is 17.9. The molecule has 1 saturated heterocycles. The average Bonchev–Trinajstić information content (AvgIpc) is 2.49. The summed E-state index contributed by atoms with van der Waals surface area (Å²) in [7, 11) is 0. The second-order valence-corrected chi connectivity index (χ2v) is 5.73. The van der Waals surface area contributed by atoms with Crippen LogP contribution in [0.3, 0.4) is 0 Å². The summed E-state index contributed by atoms with van der Waals surface area (Å²) in [6.45, 7) is 6.39. The molecule has 0 radical (unpaired) electrons. The second kappa shape index (κ2) is 7.14. The van der Waals surface area contributed by atoms with Gasteiger partial charge in [0.05, 0.1) is 0 Å². The van der Waals surface area contributed by atoms with Gasteiger partial charge in [-0.15, -0.1) is 6.58 Å². The molecule has 21 heavy (non-hydrogen) atoms. The van der Waals surface area contributed by atoms with Gasteiger partial charge in [0, 0.05) is 18.0 Å². The van der Waals surface area contributed by atoms with Crippen LogP contribution >= 0.6 is 0 Å². The van der Waals surface area contributed by atoms with E-state index in [0.717, 1.165) is 25.2 Å². The first-order valence-electron chi connectivity index (χ1n) is 7.58. The number of piperidine rings is 1. The Morgan fingerprint density at radius 1 is 1.33 bits per heavy atom. The molecule has 1 aliphatic heterocycles. The molecule has 0 amide bonds. The fraction of sp³-hybridized carbons (Fsp3) is 0.529. The van der Waals surface area contributed by atoms with Crippen LogP contribution in [0.15, 0.2) is 36.9 Å². The molecule has 116 valence electrons. The molecule has 1 aromatic carbocycles. The van der Waals surface area contributed by atoms with Crippen molar-refractivity contribution in [3.63, 3.8) is 0 Å². The summed E-state index contributed by atoms with van der Waals surface area (Å²) < 4.78 is 29.4. The number of hydrogen-bond donors (Lipinski definition) is 1. The lowest BCUT2D eigenvalue weighted by Gasteiger charge is -2.35. The van der Waals surface area contributed by atoms with E-state index in [4.69, 9.17) is 5.73 Å². The highest BCUT2D eigenvalue weighted by Crippen LogP contribution is 2.41. The molecule has 0 saturated carbocycles. The van der Waals surface area contributed by atoms with Gasteiger partial charge >= 0.3 is 0 Å². The molecular formula is C17H24F2N2. The third-order valence-electron chi connectivity index (χ3n) is 4.23. The van der Waals surface area contributed by atoms with E-state index < -0.39 is 11.8 Å². The van der Waals surface area contributed by atoms with Crippen LogP contribution in [-0.2, 0) is 12.3 Å². The number of nitrogens with zero attached hydrogens (tertiary/aromatic N) is 1. The highest BCUT2D eigenvalue weighted by molar-refractivity contribution is 5.28. The van der Waals surface area contributed by atoms with Crippen molar-refractivity contribution in [3.05, 3.63) is 48.0 Å². The van der Waals surface area contributed by atoms with Crippen LogP contribution in [0, 0.1) is 5.92 Å². The number of hydrogen-bond acceptors (Lipinski definition) is 2. The molecule has 1 aliphatic rings. The molecule has 2 nitrogen and oxygen atoms in total. The van der Waals surface area contributed by atoms with Gasteiger partial charge in [-0.1, -0.05) is 24.3 Å². The van der Waals surface area contributed by atoms with Gasteiger partial charge in [0.1, 0.15) is 0 Å². The fourth-order valence-electron chi connectivity index (χ4n) is 3.00. The number of rotatable bonds is 6. The lowest BCUT2D eigenvalue weighted by molar-refractivity contribution is -0.0847. The molecule has 0 spiro atoms. The largest absolute Gasteiger partial charge is 0.330 e. The van der Waals surface area contributed by atoms with Gasteiger partial charge in [0.15, 0.2) is 0 Å². The van der Waals surface area contributed by atoms with Crippen molar-refractivity contribution >= 4 is 0 Å². The van der Waals surface area contributed by atoms with Gasteiger partial charge < -0.3 is 5.73 Å². The van der Waals surface area contributed by atoms with E-state index in [2.05, 4.69) is 11.5 Å². The highest BCUT2D eigenvalue weighted by atomic mass is 19.3. The lowest BCUT2D eigenvalue weighted by Crippen LogP contribution is -2.39. The van der Waals surface area contributed by atoms with E-state index in [1.54, 1.807) is 12.1 Å². The van der Waals surface area contributed by atoms with Crippen molar-refractivity contribution in [2.24, 2.45) is 11.7 Å². The molecular weight excluding hydrogens is 270 g/mol. The molecule has 1 fully saturated rings. The Hall–Kier alpha value is -1.26. The number of nitrogens with two attached hydrogens (primary N) is 1. The highest BCUT2D eigenvalue weighted by Gasteiger charge is 2.42. The van der Waals surface area contributed by atoms with Crippen molar-refractivity contribution in [3.8, 4) is 0 Å². The Balaban J connectivity index is 2.07. The second-order valence-electron chi connectivity index (χ2n) is 5.73. The van der Waals surface area contributed by atoms with Gasteiger partial charge in [-0.25, -0.2) is 8.78 Å². The minimum atomic E-state index is -2.76. The molecule has 2 N–H and O–H groups in total. The predicted molar refractivity (Wildman–Crippen MR) is 82.5 cm³/mol. The topological polar surface area (TPSA) is 29.3 Å². The van der Waals surface area contributed by atoms with Crippen molar-refractivity contribution in [2.45, 2.75) is 25.2 Å². The number of benzene rings is 1. The van der Waals surface area contributed by atoms with Gasteiger partial charge in [-0.3, -0.25) is 4.90 Å². The number of halogens is 2. The molecule has 0 unspecified atom stereocenters. The quantitative estimate of drug-likeness (QED) is 0.817. The Morgan fingerprint density at radius 3 is 2.67 bits per heavy atom. The van der Waals surface area contributed by atoms with Crippen LogP contribution in [0.25, 0.3) is 0 Å². The minimum Gasteiger partial charge on any atom is -0.330 e. The fourth-order valence-corrected chi connectivity index (χ4v) is 3.00. The van der Waals surface area contributed by atoms with Gasteiger partial charge in [0.25, 0.3) is 5.92 Å². The van der Waals surface area contributed by atoms with Crippen LogP contribution in [0.4, 0.5) is 8.78 Å². The van der Waals surface area contributed by atoms with E-state index in [1.165, 1.54) is 6.07 Å². The zero-order valence-electron chi connectivity index (χ0n) is 12.4. The third-order valence-corrected chi connectivity index (χ3v) is 4.23. The van der Waals surface area contributed by atoms with Crippen LogP contribution < -0.4 is 5.73 Å². The number of alkyl halides is 2. The van der Waals surface area contributed by atoms with Crippen LogP contribution in [-0.4, -0.2) is 31.1 Å². The van der Waals surface area contributed by atoms with E-state index in [0.29, 0.717) is 25.8 Å². The van der Waals surface area contributed by atoms with Gasteiger partial charge in [-0.05, 0) is 50.5 Å². The molecule has 0 aliphatic carbocycles.